The number of hydrogen-bond acceptors (Lipinski definition) is 2. The molecule has 4 rings (SSSR count). The van der Waals surface area contributed by atoms with Crippen molar-refractivity contribution in [1.29, 1.82) is 0 Å². The summed E-state index contributed by atoms with van der Waals surface area (Å²) in [6.07, 6.45) is 10.1. The highest BCUT2D eigenvalue weighted by atomic mass is 16.2. The van der Waals surface area contributed by atoms with E-state index >= 15 is 0 Å². The Morgan fingerprint density at radius 1 is 1.00 bits per heavy atom. The summed E-state index contributed by atoms with van der Waals surface area (Å²) >= 11 is 0. The van der Waals surface area contributed by atoms with Gasteiger partial charge in [-0.1, -0.05) is 13.8 Å². The van der Waals surface area contributed by atoms with Gasteiger partial charge in [-0.3, -0.25) is 9.59 Å². The van der Waals surface area contributed by atoms with Gasteiger partial charge in [0, 0.05) is 39.0 Å². The average Bonchev–Trinajstić information content (AvgIpc) is 3.02. The Labute approximate surface area is 177 Å². The molecule has 2 amide bonds. The van der Waals surface area contributed by atoms with Crippen molar-refractivity contribution in [3.63, 3.8) is 0 Å². The molecule has 3 aliphatic carbocycles. The van der Waals surface area contributed by atoms with E-state index in [-0.39, 0.29) is 0 Å². The van der Waals surface area contributed by atoms with Crippen molar-refractivity contribution >= 4 is 11.8 Å². The Bertz CT molecular complexity index is 659. The van der Waals surface area contributed by atoms with Crippen molar-refractivity contribution < 1.29 is 9.59 Å². The second-order valence-corrected chi connectivity index (χ2v) is 11.1. The van der Waals surface area contributed by atoms with Gasteiger partial charge >= 0.3 is 0 Å². The summed E-state index contributed by atoms with van der Waals surface area (Å²) in [5.41, 5.74) is 0.631. The lowest BCUT2D eigenvalue weighted by atomic mass is 9.46. The molecule has 4 nitrogen and oxygen atoms in total. The summed E-state index contributed by atoms with van der Waals surface area (Å²) in [5.74, 6) is 3.60. The first-order chi connectivity index (χ1) is 13.8. The molecule has 1 saturated heterocycles. The minimum absolute atomic E-state index is 0.294. The van der Waals surface area contributed by atoms with Crippen LogP contribution in [0.4, 0.5) is 0 Å². The molecule has 4 fully saturated rings. The van der Waals surface area contributed by atoms with E-state index in [0.29, 0.717) is 34.6 Å². The highest BCUT2D eigenvalue weighted by Gasteiger charge is 2.61. The Kier molecular flexibility index (Phi) is 5.53. The largest absolute Gasteiger partial charge is 0.343 e. The van der Waals surface area contributed by atoms with Crippen LogP contribution in [0.3, 0.4) is 0 Å². The van der Waals surface area contributed by atoms with E-state index in [1.165, 1.54) is 38.5 Å². The molecule has 4 aliphatic rings. The van der Waals surface area contributed by atoms with Crippen LogP contribution in [0, 0.1) is 34.5 Å². The lowest BCUT2D eigenvalue weighted by molar-refractivity contribution is -0.158. The molecule has 1 heterocycles. The van der Waals surface area contributed by atoms with Gasteiger partial charge in [0.25, 0.3) is 0 Å². The first kappa shape index (κ1) is 21.2. The standard InChI is InChI=1S/C25H42N2O2/c1-6-27(7-2)23(29)16-17-8-10-19-18-9-11-21-25(4,15-13-22(28)26(21)5)20(18)12-14-24(17,19)3/h17-21H,6-16H2,1-5H3. The minimum Gasteiger partial charge on any atom is -0.343 e. The van der Waals surface area contributed by atoms with Crippen LogP contribution in [-0.2, 0) is 9.59 Å². The molecule has 164 valence electrons. The summed E-state index contributed by atoms with van der Waals surface area (Å²) in [6.45, 7) is 10.9. The van der Waals surface area contributed by atoms with E-state index in [1.807, 2.05) is 11.9 Å². The fourth-order valence-corrected chi connectivity index (χ4v) is 8.51. The van der Waals surface area contributed by atoms with E-state index in [1.54, 1.807) is 0 Å². The van der Waals surface area contributed by atoms with E-state index < -0.39 is 0 Å². The van der Waals surface area contributed by atoms with Gasteiger partial charge in [-0.2, -0.15) is 0 Å². The van der Waals surface area contributed by atoms with Gasteiger partial charge in [0.05, 0.1) is 0 Å². The predicted molar refractivity (Wildman–Crippen MR) is 116 cm³/mol. The molecular formula is C25H42N2O2. The van der Waals surface area contributed by atoms with Crippen molar-refractivity contribution in [1.82, 2.24) is 9.80 Å². The molecule has 7 unspecified atom stereocenters. The molecule has 29 heavy (non-hydrogen) atoms. The van der Waals surface area contributed by atoms with Gasteiger partial charge in [-0.15, -0.1) is 0 Å². The smallest absolute Gasteiger partial charge is 0.222 e. The van der Waals surface area contributed by atoms with Gasteiger partial charge in [0.15, 0.2) is 0 Å². The zero-order valence-electron chi connectivity index (χ0n) is 19.4. The van der Waals surface area contributed by atoms with E-state index in [0.717, 1.165) is 50.1 Å². The van der Waals surface area contributed by atoms with Gasteiger partial charge < -0.3 is 9.80 Å². The number of carbonyl (C=O) groups is 2. The molecule has 0 bridgehead atoms. The molecule has 0 spiro atoms. The van der Waals surface area contributed by atoms with Crippen molar-refractivity contribution in [2.45, 2.75) is 91.5 Å². The van der Waals surface area contributed by atoms with Gasteiger partial charge in [-0.05, 0) is 93.3 Å². The average molecular weight is 403 g/mol. The lowest BCUT2D eigenvalue weighted by Crippen LogP contribution is -2.61. The molecule has 0 aromatic heterocycles. The number of likely N-dealkylation sites (tertiary alicyclic amines) is 1. The number of rotatable bonds is 4. The molecule has 0 N–H and O–H groups in total. The highest BCUT2D eigenvalue weighted by Crippen LogP contribution is 2.66. The van der Waals surface area contributed by atoms with Crippen LogP contribution in [0.2, 0.25) is 0 Å². The lowest BCUT2D eigenvalue weighted by Gasteiger charge is -2.61. The fourth-order valence-electron chi connectivity index (χ4n) is 8.51. The Balaban J connectivity index is 1.52. The summed E-state index contributed by atoms with van der Waals surface area (Å²) in [5, 5.41) is 0. The van der Waals surface area contributed by atoms with Gasteiger partial charge in [0.2, 0.25) is 11.8 Å². The van der Waals surface area contributed by atoms with E-state index in [4.69, 9.17) is 0 Å². The summed E-state index contributed by atoms with van der Waals surface area (Å²) < 4.78 is 0. The summed E-state index contributed by atoms with van der Waals surface area (Å²) in [7, 11) is 2.04. The third-order valence-electron chi connectivity index (χ3n) is 10.3. The molecule has 1 aliphatic heterocycles. The first-order valence-electron chi connectivity index (χ1n) is 12.3. The van der Waals surface area contributed by atoms with Gasteiger partial charge in [-0.25, -0.2) is 0 Å². The normalized spacial score (nSPS) is 44.1. The van der Waals surface area contributed by atoms with Gasteiger partial charge in [0.1, 0.15) is 0 Å². The number of hydrogen-bond donors (Lipinski definition) is 0. The highest BCUT2D eigenvalue weighted by molar-refractivity contribution is 5.77. The first-order valence-corrected chi connectivity index (χ1v) is 12.3. The molecule has 4 heteroatoms. The van der Waals surface area contributed by atoms with Crippen LogP contribution >= 0.6 is 0 Å². The number of piperidine rings is 1. The van der Waals surface area contributed by atoms with E-state index in [2.05, 4.69) is 32.6 Å². The second kappa shape index (κ2) is 7.57. The molecule has 0 aromatic carbocycles. The maximum absolute atomic E-state index is 12.9. The Morgan fingerprint density at radius 3 is 2.38 bits per heavy atom. The molecule has 3 saturated carbocycles. The molecular weight excluding hydrogens is 360 g/mol. The maximum atomic E-state index is 12.9. The predicted octanol–water partition coefficient (Wildman–Crippen LogP) is 4.72. The summed E-state index contributed by atoms with van der Waals surface area (Å²) in [6, 6.07) is 0.441. The Morgan fingerprint density at radius 2 is 1.69 bits per heavy atom. The zero-order chi connectivity index (χ0) is 21.0. The van der Waals surface area contributed by atoms with E-state index in [9.17, 15) is 9.59 Å². The number of nitrogens with zero attached hydrogens (tertiary/aromatic N) is 2. The van der Waals surface area contributed by atoms with Crippen LogP contribution in [0.15, 0.2) is 0 Å². The van der Waals surface area contributed by atoms with Crippen molar-refractivity contribution in [3.05, 3.63) is 0 Å². The number of fused-ring (bicyclic) bond motifs is 5. The van der Waals surface area contributed by atoms with Crippen LogP contribution in [0.1, 0.15) is 85.5 Å². The minimum atomic E-state index is 0.294. The van der Waals surface area contributed by atoms with Crippen LogP contribution in [0.5, 0.6) is 0 Å². The monoisotopic (exact) mass is 402 g/mol. The molecule has 7 atom stereocenters. The number of amides is 2. The van der Waals surface area contributed by atoms with Crippen molar-refractivity contribution in [2.24, 2.45) is 34.5 Å². The third-order valence-corrected chi connectivity index (χ3v) is 10.3. The quantitative estimate of drug-likeness (QED) is 0.682. The van der Waals surface area contributed by atoms with Crippen molar-refractivity contribution in [3.8, 4) is 0 Å². The zero-order valence-corrected chi connectivity index (χ0v) is 19.4. The second-order valence-electron chi connectivity index (χ2n) is 11.1. The van der Waals surface area contributed by atoms with Crippen LogP contribution < -0.4 is 0 Å². The molecule has 0 radical (unpaired) electrons. The number of carbonyl (C=O) groups excluding carboxylic acids is 2. The van der Waals surface area contributed by atoms with Crippen LogP contribution in [0.25, 0.3) is 0 Å². The maximum Gasteiger partial charge on any atom is 0.222 e. The van der Waals surface area contributed by atoms with Crippen LogP contribution in [-0.4, -0.2) is 47.8 Å². The third kappa shape index (κ3) is 3.15. The fraction of sp³-hybridized carbons (Fsp3) is 0.920. The summed E-state index contributed by atoms with van der Waals surface area (Å²) in [4.78, 5) is 29.3. The Hall–Kier alpha value is -1.06. The topological polar surface area (TPSA) is 40.6 Å². The molecule has 0 aromatic rings. The van der Waals surface area contributed by atoms with Crippen molar-refractivity contribution in [2.75, 3.05) is 20.1 Å². The SMILES string of the molecule is CCN(CC)C(=O)CC1CCC2C3CCC4N(C)C(=O)CCC4(C)C3CCC12C.